The van der Waals surface area contributed by atoms with Crippen LogP contribution in [0, 0.1) is 0 Å². The first-order valence-electron chi connectivity index (χ1n) is 5.82. The quantitative estimate of drug-likeness (QED) is 0.849. The van der Waals surface area contributed by atoms with Gasteiger partial charge < -0.3 is 14.7 Å². The fourth-order valence-electron chi connectivity index (χ4n) is 1.98. The van der Waals surface area contributed by atoms with E-state index in [0.29, 0.717) is 13.2 Å². The molecule has 1 atom stereocenters. The van der Waals surface area contributed by atoms with Crippen molar-refractivity contribution in [3.8, 4) is 0 Å². The van der Waals surface area contributed by atoms with Crippen molar-refractivity contribution >= 4 is 11.9 Å². The third-order valence-corrected chi connectivity index (χ3v) is 2.93. The highest BCUT2D eigenvalue weighted by Gasteiger charge is 2.32. The normalized spacial score (nSPS) is 19.6. The highest BCUT2D eigenvalue weighted by molar-refractivity contribution is 5.85. The molecule has 1 aliphatic rings. The van der Waals surface area contributed by atoms with Crippen LogP contribution in [-0.4, -0.2) is 47.7 Å². The van der Waals surface area contributed by atoms with Crippen LogP contribution in [0.2, 0.25) is 0 Å². The highest BCUT2D eigenvalue weighted by Crippen LogP contribution is 2.10. The molecule has 18 heavy (non-hydrogen) atoms. The van der Waals surface area contributed by atoms with Crippen molar-refractivity contribution in [3.63, 3.8) is 0 Å². The number of hydrogen-bond donors (Lipinski definition) is 1. The Morgan fingerprint density at radius 3 is 2.72 bits per heavy atom. The lowest BCUT2D eigenvalue weighted by Crippen LogP contribution is -2.53. The Hall–Kier alpha value is -1.88. The van der Waals surface area contributed by atoms with E-state index in [1.807, 2.05) is 30.3 Å². The van der Waals surface area contributed by atoms with Gasteiger partial charge in [0, 0.05) is 6.54 Å². The molecule has 96 valence electrons. The second-order valence-corrected chi connectivity index (χ2v) is 4.18. The summed E-state index contributed by atoms with van der Waals surface area (Å²) < 4.78 is 5.10. The van der Waals surface area contributed by atoms with E-state index in [2.05, 4.69) is 0 Å². The average Bonchev–Trinajstić information content (AvgIpc) is 2.40. The zero-order valence-corrected chi connectivity index (χ0v) is 9.91. The van der Waals surface area contributed by atoms with Crippen LogP contribution in [0.5, 0.6) is 0 Å². The summed E-state index contributed by atoms with van der Waals surface area (Å²) >= 11 is 0. The maximum Gasteiger partial charge on any atom is 0.328 e. The number of rotatable bonds is 3. The maximum atomic E-state index is 12.1. The number of morpholine rings is 1. The molecule has 5 heteroatoms. The molecule has 0 aromatic heterocycles. The molecule has 5 nitrogen and oxygen atoms in total. The number of amides is 1. The first kappa shape index (κ1) is 12.6. The predicted octanol–water partition coefficient (Wildman–Crippen LogP) is 0.541. The molecule has 1 aromatic carbocycles. The number of carboxylic acids is 1. The third-order valence-electron chi connectivity index (χ3n) is 2.93. The Balaban J connectivity index is 2.05. The number of ether oxygens (including phenoxy) is 1. The van der Waals surface area contributed by atoms with Crippen LogP contribution < -0.4 is 0 Å². The molecule has 0 aliphatic carbocycles. The van der Waals surface area contributed by atoms with Crippen molar-refractivity contribution in [1.82, 2.24) is 4.90 Å². The number of hydrogen-bond acceptors (Lipinski definition) is 3. The number of carbonyl (C=O) groups is 2. The van der Waals surface area contributed by atoms with Crippen LogP contribution in [-0.2, 0) is 20.7 Å². The molecule has 0 radical (unpaired) electrons. The molecule has 2 rings (SSSR count). The molecular weight excluding hydrogens is 234 g/mol. The van der Waals surface area contributed by atoms with Crippen LogP contribution in [0.3, 0.4) is 0 Å². The summed E-state index contributed by atoms with van der Waals surface area (Å²) in [5.74, 6) is -1.19. The molecule has 1 aromatic rings. The molecule has 1 fully saturated rings. The standard InChI is InChI=1S/C13H15NO4/c15-12(8-10-4-2-1-3-5-10)14-6-7-18-9-11(14)13(16)17/h1-5,11H,6-9H2,(H,16,17)/t11-/m0/s1. The molecule has 0 unspecified atom stereocenters. The van der Waals surface area contributed by atoms with Gasteiger partial charge in [0.1, 0.15) is 0 Å². The Bertz CT molecular complexity index is 432. The summed E-state index contributed by atoms with van der Waals surface area (Å²) in [6.07, 6.45) is 0.227. The first-order chi connectivity index (χ1) is 8.68. The zero-order valence-electron chi connectivity index (χ0n) is 9.91. The van der Waals surface area contributed by atoms with Crippen molar-refractivity contribution in [3.05, 3.63) is 35.9 Å². The van der Waals surface area contributed by atoms with Crippen molar-refractivity contribution in [1.29, 1.82) is 0 Å². The Kier molecular flexibility index (Phi) is 3.94. The minimum absolute atomic E-state index is 0.0653. The zero-order chi connectivity index (χ0) is 13.0. The number of nitrogens with zero attached hydrogens (tertiary/aromatic N) is 1. The minimum Gasteiger partial charge on any atom is -0.480 e. The van der Waals surface area contributed by atoms with E-state index < -0.39 is 12.0 Å². The average molecular weight is 249 g/mol. The second kappa shape index (κ2) is 5.64. The monoisotopic (exact) mass is 249 g/mol. The summed E-state index contributed by atoms with van der Waals surface area (Å²) in [6, 6.07) is 8.44. The Labute approximate surface area is 105 Å². The van der Waals surface area contributed by atoms with Gasteiger partial charge in [-0.15, -0.1) is 0 Å². The molecule has 0 saturated carbocycles. The van der Waals surface area contributed by atoms with Crippen molar-refractivity contribution in [2.24, 2.45) is 0 Å². The van der Waals surface area contributed by atoms with E-state index >= 15 is 0 Å². The van der Waals surface area contributed by atoms with Gasteiger partial charge in [-0.05, 0) is 5.56 Å². The fraction of sp³-hybridized carbons (Fsp3) is 0.385. The van der Waals surface area contributed by atoms with E-state index in [1.54, 1.807) is 0 Å². The Morgan fingerprint density at radius 1 is 1.33 bits per heavy atom. The van der Waals surface area contributed by atoms with Crippen LogP contribution >= 0.6 is 0 Å². The predicted molar refractivity (Wildman–Crippen MR) is 64.1 cm³/mol. The van der Waals surface area contributed by atoms with Gasteiger partial charge >= 0.3 is 5.97 Å². The van der Waals surface area contributed by atoms with Crippen molar-refractivity contribution in [2.75, 3.05) is 19.8 Å². The lowest BCUT2D eigenvalue weighted by molar-refractivity contribution is -0.158. The van der Waals surface area contributed by atoms with Crippen LogP contribution in [0.4, 0.5) is 0 Å². The highest BCUT2D eigenvalue weighted by atomic mass is 16.5. The van der Waals surface area contributed by atoms with Crippen LogP contribution in [0.15, 0.2) is 30.3 Å². The van der Waals surface area contributed by atoms with Gasteiger partial charge in [-0.3, -0.25) is 4.79 Å². The topological polar surface area (TPSA) is 66.8 Å². The smallest absolute Gasteiger partial charge is 0.328 e. The van der Waals surface area contributed by atoms with E-state index in [0.717, 1.165) is 5.56 Å². The van der Waals surface area contributed by atoms with E-state index in [4.69, 9.17) is 9.84 Å². The SMILES string of the molecule is O=C(O)[C@@H]1COCCN1C(=O)Cc1ccccc1. The van der Waals surface area contributed by atoms with E-state index in [1.165, 1.54) is 4.90 Å². The number of carbonyl (C=O) groups excluding carboxylic acids is 1. The molecule has 1 N–H and O–H groups in total. The van der Waals surface area contributed by atoms with Crippen LogP contribution in [0.25, 0.3) is 0 Å². The summed E-state index contributed by atoms with van der Waals surface area (Å²) in [5.41, 5.74) is 0.887. The Morgan fingerprint density at radius 2 is 2.06 bits per heavy atom. The van der Waals surface area contributed by atoms with Gasteiger partial charge in [0.15, 0.2) is 6.04 Å². The van der Waals surface area contributed by atoms with Crippen molar-refractivity contribution < 1.29 is 19.4 Å². The fourth-order valence-corrected chi connectivity index (χ4v) is 1.98. The molecule has 1 amide bonds. The lowest BCUT2D eigenvalue weighted by atomic mass is 10.1. The summed E-state index contributed by atoms with van der Waals surface area (Å²) in [4.78, 5) is 24.5. The lowest BCUT2D eigenvalue weighted by Gasteiger charge is -2.32. The van der Waals surface area contributed by atoms with E-state index in [-0.39, 0.29) is 18.9 Å². The minimum atomic E-state index is -1.02. The number of aliphatic carboxylic acids is 1. The largest absolute Gasteiger partial charge is 0.480 e. The van der Waals surface area contributed by atoms with Gasteiger partial charge in [0.05, 0.1) is 19.6 Å². The summed E-state index contributed by atoms with van der Waals surface area (Å²) in [7, 11) is 0. The van der Waals surface area contributed by atoms with Crippen LogP contribution in [0.1, 0.15) is 5.56 Å². The van der Waals surface area contributed by atoms with Crippen molar-refractivity contribution in [2.45, 2.75) is 12.5 Å². The van der Waals surface area contributed by atoms with Gasteiger partial charge in [-0.25, -0.2) is 4.79 Å². The summed E-state index contributed by atoms with van der Waals surface area (Å²) in [6.45, 7) is 0.794. The van der Waals surface area contributed by atoms with E-state index in [9.17, 15) is 9.59 Å². The number of carboxylic acid groups (broad SMARTS) is 1. The molecule has 0 bridgehead atoms. The molecule has 1 heterocycles. The molecule has 1 aliphatic heterocycles. The van der Waals surface area contributed by atoms with Gasteiger partial charge in [0.25, 0.3) is 0 Å². The van der Waals surface area contributed by atoms with Gasteiger partial charge in [-0.2, -0.15) is 0 Å². The molecular formula is C13H15NO4. The van der Waals surface area contributed by atoms with Gasteiger partial charge in [0.2, 0.25) is 5.91 Å². The third kappa shape index (κ3) is 2.87. The first-order valence-corrected chi connectivity index (χ1v) is 5.82. The molecule has 1 saturated heterocycles. The summed E-state index contributed by atoms with van der Waals surface area (Å²) in [5, 5.41) is 9.05. The van der Waals surface area contributed by atoms with Gasteiger partial charge in [-0.1, -0.05) is 30.3 Å². The number of benzene rings is 1. The molecule has 0 spiro atoms. The maximum absolute atomic E-state index is 12.1. The second-order valence-electron chi connectivity index (χ2n) is 4.18.